The second kappa shape index (κ2) is 7.09. The summed E-state index contributed by atoms with van der Waals surface area (Å²) in [6.45, 7) is 1.38. The Kier molecular flexibility index (Phi) is 5.43. The lowest BCUT2D eigenvalue weighted by molar-refractivity contribution is 0.128. The summed E-state index contributed by atoms with van der Waals surface area (Å²) < 4.78 is 5.45. The van der Waals surface area contributed by atoms with Crippen molar-refractivity contribution in [2.24, 2.45) is 5.10 Å². The fourth-order valence-electron chi connectivity index (χ4n) is 1.06. The summed E-state index contributed by atoms with van der Waals surface area (Å²) >= 11 is 0. The van der Waals surface area contributed by atoms with E-state index in [0.717, 1.165) is 6.42 Å². The van der Waals surface area contributed by atoms with E-state index in [-0.39, 0.29) is 0 Å². The number of nitrogens with zero attached hydrogens (tertiary/aromatic N) is 1. The Morgan fingerprint density at radius 3 is 2.86 bits per heavy atom. The predicted octanol–water partition coefficient (Wildman–Crippen LogP) is 1.80. The Labute approximate surface area is 84.8 Å². The summed E-state index contributed by atoms with van der Waals surface area (Å²) in [6.07, 6.45) is 2.65. The molecule has 0 radical (unpaired) electrons. The average molecular weight is 192 g/mol. The Morgan fingerprint density at radius 1 is 1.36 bits per heavy atom. The van der Waals surface area contributed by atoms with Crippen molar-refractivity contribution in [2.45, 2.75) is 13.0 Å². The lowest BCUT2D eigenvalue weighted by Crippen LogP contribution is -1.98. The molecule has 0 aromatic heterocycles. The van der Waals surface area contributed by atoms with Crippen LogP contribution < -0.4 is 5.43 Å². The maximum absolute atomic E-state index is 5.45. The van der Waals surface area contributed by atoms with Gasteiger partial charge in [0.25, 0.3) is 0 Å². The van der Waals surface area contributed by atoms with Crippen LogP contribution in [0.2, 0.25) is 0 Å². The van der Waals surface area contributed by atoms with E-state index >= 15 is 0 Å². The molecule has 0 aliphatic heterocycles. The van der Waals surface area contributed by atoms with Crippen LogP contribution in [0.25, 0.3) is 0 Å². The van der Waals surface area contributed by atoms with E-state index < -0.39 is 0 Å². The first-order valence-electron chi connectivity index (χ1n) is 4.73. The minimum atomic E-state index is 0.675. The van der Waals surface area contributed by atoms with Gasteiger partial charge < -0.3 is 10.2 Å². The number of nitrogens with one attached hydrogen (secondary N) is 1. The van der Waals surface area contributed by atoms with Gasteiger partial charge in [0.15, 0.2) is 0 Å². The van der Waals surface area contributed by atoms with Gasteiger partial charge in [0.1, 0.15) is 0 Å². The summed E-state index contributed by atoms with van der Waals surface area (Å²) in [4.78, 5) is 0. The molecule has 0 saturated carbocycles. The standard InChI is InChI=1S/C11H16N2O/c1-12-13-8-5-9-14-10-11-6-3-2-4-7-11/h2-4,6-8,12H,5,9-10H2,1H3/b13-8+. The van der Waals surface area contributed by atoms with Gasteiger partial charge in [-0.3, -0.25) is 0 Å². The number of ether oxygens (including phenoxy) is 1. The second-order valence-corrected chi connectivity index (χ2v) is 2.86. The van der Waals surface area contributed by atoms with Crippen molar-refractivity contribution < 1.29 is 4.74 Å². The molecule has 0 unspecified atom stereocenters. The van der Waals surface area contributed by atoms with Crippen LogP contribution in [0.1, 0.15) is 12.0 Å². The Balaban J connectivity index is 2.07. The molecule has 0 heterocycles. The summed E-state index contributed by atoms with van der Waals surface area (Å²) in [5.74, 6) is 0. The highest BCUT2D eigenvalue weighted by atomic mass is 16.5. The molecule has 0 aliphatic carbocycles. The van der Waals surface area contributed by atoms with Crippen molar-refractivity contribution in [1.29, 1.82) is 0 Å². The normalized spacial score (nSPS) is 10.6. The van der Waals surface area contributed by atoms with Crippen molar-refractivity contribution in [3.8, 4) is 0 Å². The predicted molar refractivity (Wildman–Crippen MR) is 58.3 cm³/mol. The number of hydrogen-bond donors (Lipinski definition) is 1. The third-order valence-electron chi connectivity index (χ3n) is 1.72. The van der Waals surface area contributed by atoms with Crippen molar-refractivity contribution in [3.05, 3.63) is 35.9 Å². The van der Waals surface area contributed by atoms with Crippen molar-refractivity contribution >= 4 is 6.21 Å². The molecule has 1 rings (SSSR count). The molecule has 3 nitrogen and oxygen atoms in total. The van der Waals surface area contributed by atoms with E-state index in [9.17, 15) is 0 Å². The van der Waals surface area contributed by atoms with Crippen molar-refractivity contribution in [1.82, 2.24) is 5.43 Å². The fourth-order valence-corrected chi connectivity index (χ4v) is 1.06. The topological polar surface area (TPSA) is 33.6 Å². The van der Waals surface area contributed by atoms with E-state index in [1.807, 2.05) is 24.4 Å². The molecule has 0 amide bonds. The van der Waals surface area contributed by atoms with Gasteiger partial charge in [-0.1, -0.05) is 30.3 Å². The maximum Gasteiger partial charge on any atom is 0.0717 e. The van der Waals surface area contributed by atoms with Crippen LogP contribution in [0.3, 0.4) is 0 Å². The SMILES string of the molecule is CN/N=C/CCOCc1ccccc1. The number of hydrogen-bond acceptors (Lipinski definition) is 3. The molecule has 1 aromatic carbocycles. The molecule has 0 atom stereocenters. The Morgan fingerprint density at radius 2 is 2.14 bits per heavy atom. The van der Waals surface area contributed by atoms with Crippen LogP contribution in [0, 0.1) is 0 Å². The second-order valence-electron chi connectivity index (χ2n) is 2.86. The Hall–Kier alpha value is -1.35. The van der Waals surface area contributed by atoms with E-state index in [0.29, 0.717) is 13.2 Å². The summed E-state index contributed by atoms with van der Waals surface area (Å²) in [5.41, 5.74) is 3.90. The smallest absolute Gasteiger partial charge is 0.0717 e. The molecule has 0 fully saturated rings. The molecule has 76 valence electrons. The van der Waals surface area contributed by atoms with Gasteiger partial charge in [0.05, 0.1) is 13.2 Å². The summed E-state index contributed by atoms with van der Waals surface area (Å²) in [6, 6.07) is 10.1. The van der Waals surface area contributed by atoms with Gasteiger partial charge in [-0.25, -0.2) is 0 Å². The largest absolute Gasteiger partial charge is 0.376 e. The average Bonchev–Trinajstić information content (AvgIpc) is 2.25. The zero-order valence-corrected chi connectivity index (χ0v) is 8.44. The monoisotopic (exact) mass is 192 g/mol. The third kappa shape index (κ3) is 4.62. The van der Waals surface area contributed by atoms with Gasteiger partial charge in [-0.15, -0.1) is 0 Å². The molecule has 1 N–H and O–H groups in total. The lowest BCUT2D eigenvalue weighted by Gasteiger charge is -2.01. The molecule has 0 bridgehead atoms. The fraction of sp³-hybridized carbons (Fsp3) is 0.364. The van der Waals surface area contributed by atoms with Crippen LogP contribution in [0.5, 0.6) is 0 Å². The van der Waals surface area contributed by atoms with Crippen LogP contribution in [0.15, 0.2) is 35.4 Å². The zero-order valence-electron chi connectivity index (χ0n) is 8.44. The van der Waals surface area contributed by atoms with E-state index in [1.165, 1.54) is 5.56 Å². The van der Waals surface area contributed by atoms with Crippen LogP contribution in [0.4, 0.5) is 0 Å². The minimum Gasteiger partial charge on any atom is -0.376 e. The summed E-state index contributed by atoms with van der Waals surface area (Å²) in [5, 5.41) is 3.86. The third-order valence-corrected chi connectivity index (χ3v) is 1.72. The molecule has 1 aromatic rings. The van der Waals surface area contributed by atoms with Gasteiger partial charge >= 0.3 is 0 Å². The molecular formula is C11H16N2O. The number of benzene rings is 1. The van der Waals surface area contributed by atoms with Gasteiger partial charge in [-0.2, -0.15) is 5.10 Å². The number of hydrazone groups is 1. The van der Waals surface area contributed by atoms with E-state index in [2.05, 4.69) is 22.7 Å². The first-order valence-corrected chi connectivity index (χ1v) is 4.73. The van der Waals surface area contributed by atoms with Crippen molar-refractivity contribution in [3.63, 3.8) is 0 Å². The van der Waals surface area contributed by atoms with Crippen LogP contribution in [-0.4, -0.2) is 19.9 Å². The van der Waals surface area contributed by atoms with Crippen molar-refractivity contribution in [2.75, 3.05) is 13.7 Å². The minimum absolute atomic E-state index is 0.675. The van der Waals surface area contributed by atoms with Gasteiger partial charge in [-0.05, 0) is 5.56 Å². The van der Waals surface area contributed by atoms with Gasteiger partial charge in [0, 0.05) is 19.7 Å². The highest BCUT2D eigenvalue weighted by molar-refractivity contribution is 5.56. The zero-order chi connectivity index (χ0) is 10.1. The van der Waals surface area contributed by atoms with Gasteiger partial charge in [0.2, 0.25) is 0 Å². The highest BCUT2D eigenvalue weighted by Gasteiger charge is 1.89. The van der Waals surface area contributed by atoms with Crippen LogP contribution in [-0.2, 0) is 11.3 Å². The van der Waals surface area contributed by atoms with Crippen LogP contribution >= 0.6 is 0 Å². The van der Waals surface area contributed by atoms with E-state index in [1.54, 1.807) is 7.05 Å². The molecule has 0 saturated heterocycles. The summed E-state index contributed by atoms with van der Waals surface area (Å²) in [7, 11) is 1.78. The molecule has 14 heavy (non-hydrogen) atoms. The number of rotatable bonds is 6. The molecule has 0 spiro atoms. The molecule has 3 heteroatoms. The lowest BCUT2D eigenvalue weighted by atomic mass is 10.2. The highest BCUT2D eigenvalue weighted by Crippen LogP contribution is 2.00. The Bertz CT molecular complexity index is 259. The first kappa shape index (κ1) is 10.7. The maximum atomic E-state index is 5.45. The quantitative estimate of drug-likeness (QED) is 0.423. The molecule has 0 aliphatic rings. The van der Waals surface area contributed by atoms with E-state index in [4.69, 9.17) is 4.74 Å². The molecular weight excluding hydrogens is 176 g/mol. The first-order chi connectivity index (χ1) is 6.93.